The van der Waals surface area contributed by atoms with Crippen LogP contribution in [0.15, 0.2) is 77.7 Å². The Hall–Kier alpha value is -2.85. The zero-order valence-electron chi connectivity index (χ0n) is 18.7. The zero-order valence-corrected chi connectivity index (χ0v) is 21.0. The number of benzene rings is 3. The number of halogens is 2. The van der Waals surface area contributed by atoms with Crippen LogP contribution in [0.25, 0.3) is 0 Å². The molecule has 1 aliphatic rings. The van der Waals surface area contributed by atoms with Crippen molar-refractivity contribution in [2.75, 3.05) is 0 Å². The van der Waals surface area contributed by atoms with Gasteiger partial charge in [0.15, 0.2) is 6.04 Å². The van der Waals surface area contributed by atoms with E-state index >= 15 is 0 Å². The van der Waals surface area contributed by atoms with Gasteiger partial charge in [-0.1, -0.05) is 65.2 Å². The van der Waals surface area contributed by atoms with E-state index in [0.717, 1.165) is 9.78 Å². The van der Waals surface area contributed by atoms with Crippen LogP contribution in [0, 0.1) is 6.92 Å². The van der Waals surface area contributed by atoms with E-state index < -0.39 is 41.2 Å². The van der Waals surface area contributed by atoms with Gasteiger partial charge in [-0.05, 0) is 55.7 Å². The van der Waals surface area contributed by atoms with E-state index in [1.807, 2.05) is 6.92 Å². The number of rotatable bonds is 6. The van der Waals surface area contributed by atoms with Crippen LogP contribution in [0.2, 0.25) is 10.0 Å². The van der Waals surface area contributed by atoms with Gasteiger partial charge in [0, 0.05) is 0 Å². The summed E-state index contributed by atoms with van der Waals surface area (Å²) >= 11 is 12.2. The maximum atomic E-state index is 13.8. The Bertz CT molecular complexity index is 1370. The Morgan fingerprint density at radius 1 is 1.03 bits per heavy atom. The molecular formula is C24H20BCl2NO6S. The van der Waals surface area contributed by atoms with E-state index in [1.54, 1.807) is 42.5 Å². The predicted molar refractivity (Wildman–Crippen MR) is 133 cm³/mol. The van der Waals surface area contributed by atoms with Gasteiger partial charge in [0.05, 0.1) is 20.5 Å². The second kappa shape index (κ2) is 10.0. The number of nitrogens with zero attached hydrogens (tertiary/aromatic N) is 1. The second-order valence-electron chi connectivity index (χ2n) is 8.03. The molecule has 0 bridgehead atoms. The molecule has 0 amide bonds. The lowest BCUT2D eigenvalue weighted by atomic mass is 9.74. The predicted octanol–water partition coefficient (Wildman–Crippen LogP) is 3.86. The van der Waals surface area contributed by atoms with Gasteiger partial charge in [-0.15, -0.1) is 0 Å². The molecule has 0 N–H and O–H groups in total. The first-order valence-electron chi connectivity index (χ1n) is 10.6. The topological polar surface area (TPSA) is 90.0 Å². The first kappa shape index (κ1) is 25.3. The Morgan fingerprint density at radius 2 is 1.69 bits per heavy atom. The third kappa shape index (κ3) is 5.09. The summed E-state index contributed by atoms with van der Waals surface area (Å²) in [6.45, 7) is 3.27. The number of carbonyl (C=O) groups is 2. The molecule has 1 heterocycles. The molecule has 0 aliphatic carbocycles. The molecule has 3 aromatic rings. The van der Waals surface area contributed by atoms with Crippen molar-refractivity contribution in [1.82, 2.24) is 4.22 Å². The standard InChI is InChI=1S/C24H20BCl2NO6S/c1-15-8-11-19(12-9-15)35(31,32)28-22(16(2)33-23(29)17-6-4-3-5-7-17)24(30)34-25(28)18-10-13-20(26)21(27)14-18/h3-14,16,22H,1-2H3/t16-,22-/m0/s1. The summed E-state index contributed by atoms with van der Waals surface area (Å²) in [6, 6.07) is 17.4. The monoisotopic (exact) mass is 531 g/mol. The van der Waals surface area contributed by atoms with E-state index in [0.29, 0.717) is 5.46 Å². The quantitative estimate of drug-likeness (QED) is 0.354. The molecule has 3 aromatic carbocycles. The molecule has 0 radical (unpaired) electrons. The van der Waals surface area contributed by atoms with Gasteiger partial charge in [0.25, 0.3) is 0 Å². The van der Waals surface area contributed by atoms with E-state index in [-0.39, 0.29) is 20.5 Å². The third-order valence-electron chi connectivity index (χ3n) is 5.55. The van der Waals surface area contributed by atoms with Crippen LogP contribution in [0.1, 0.15) is 22.8 Å². The molecule has 0 spiro atoms. The third-order valence-corrected chi connectivity index (χ3v) is 8.13. The van der Waals surface area contributed by atoms with E-state index in [1.165, 1.54) is 37.3 Å². The molecule has 11 heteroatoms. The average Bonchev–Trinajstić information content (AvgIpc) is 3.19. The Labute approximate surface area is 213 Å². The van der Waals surface area contributed by atoms with Crippen molar-refractivity contribution in [3.63, 3.8) is 0 Å². The van der Waals surface area contributed by atoms with E-state index in [2.05, 4.69) is 0 Å². The van der Waals surface area contributed by atoms with Crippen molar-refractivity contribution in [2.24, 2.45) is 0 Å². The summed E-state index contributed by atoms with van der Waals surface area (Å²) in [4.78, 5) is 25.6. The fraction of sp³-hybridized carbons (Fsp3) is 0.167. The summed E-state index contributed by atoms with van der Waals surface area (Å²) in [5.74, 6) is -1.55. The first-order chi connectivity index (χ1) is 16.6. The smallest absolute Gasteiger partial charge is 0.502 e. The minimum atomic E-state index is -4.28. The van der Waals surface area contributed by atoms with Crippen molar-refractivity contribution >= 4 is 57.7 Å². The summed E-state index contributed by atoms with van der Waals surface area (Å²) < 4.78 is 39.5. The molecule has 0 aromatic heterocycles. The van der Waals surface area contributed by atoms with E-state index in [9.17, 15) is 18.0 Å². The average molecular weight is 532 g/mol. The number of ether oxygens (including phenoxy) is 1. The minimum absolute atomic E-state index is 0.0435. The molecule has 7 nitrogen and oxygen atoms in total. The Balaban J connectivity index is 1.76. The number of sulfonamides is 1. The lowest BCUT2D eigenvalue weighted by Gasteiger charge is -2.27. The largest absolute Gasteiger partial charge is 0.514 e. The molecule has 1 fully saturated rings. The van der Waals surface area contributed by atoms with Crippen LogP contribution < -0.4 is 5.46 Å². The summed E-state index contributed by atoms with van der Waals surface area (Å²) in [7, 11) is -5.62. The van der Waals surface area contributed by atoms with Crippen LogP contribution in [-0.2, 0) is 24.2 Å². The van der Waals surface area contributed by atoms with Crippen LogP contribution >= 0.6 is 23.2 Å². The molecule has 0 unspecified atom stereocenters. The Morgan fingerprint density at radius 3 is 2.31 bits per heavy atom. The van der Waals surface area contributed by atoms with Crippen molar-refractivity contribution in [1.29, 1.82) is 0 Å². The molecular weight excluding hydrogens is 512 g/mol. The van der Waals surface area contributed by atoms with Crippen LogP contribution in [0.4, 0.5) is 0 Å². The highest BCUT2D eigenvalue weighted by molar-refractivity contribution is 7.90. The van der Waals surface area contributed by atoms with Crippen LogP contribution in [-0.4, -0.2) is 43.8 Å². The molecule has 180 valence electrons. The summed E-state index contributed by atoms with van der Waals surface area (Å²) in [5.41, 5.74) is 1.42. The lowest BCUT2D eigenvalue weighted by Crippen LogP contribution is -2.54. The van der Waals surface area contributed by atoms with E-state index in [4.69, 9.17) is 32.6 Å². The van der Waals surface area contributed by atoms with Crippen LogP contribution in [0.5, 0.6) is 0 Å². The number of hydrogen-bond donors (Lipinski definition) is 0. The molecule has 4 rings (SSSR count). The van der Waals surface area contributed by atoms with Gasteiger partial charge in [-0.25, -0.2) is 13.2 Å². The van der Waals surface area contributed by atoms with Crippen LogP contribution in [0.3, 0.4) is 0 Å². The molecule has 2 atom stereocenters. The van der Waals surface area contributed by atoms with Gasteiger partial charge in [0.1, 0.15) is 6.10 Å². The van der Waals surface area contributed by atoms with Crippen molar-refractivity contribution in [2.45, 2.75) is 30.9 Å². The highest BCUT2D eigenvalue weighted by Crippen LogP contribution is 2.30. The Kier molecular flexibility index (Phi) is 7.23. The summed E-state index contributed by atoms with van der Waals surface area (Å²) in [6.07, 6.45) is -1.16. The molecule has 1 saturated heterocycles. The lowest BCUT2D eigenvalue weighted by molar-refractivity contribution is -0.136. The number of esters is 1. The van der Waals surface area contributed by atoms with Crippen molar-refractivity contribution < 1.29 is 27.4 Å². The highest BCUT2D eigenvalue weighted by Gasteiger charge is 2.56. The van der Waals surface area contributed by atoms with Crippen molar-refractivity contribution in [3.05, 3.63) is 94.0 Å². The molecule has 1 aliphatic heterocycles. The minimum Gasteiger partial charge on any atom is -0.514 e. The first-order valence-corrected chi connectivity index (χ1v) is 12.8. The van der Waals surface area contributed by atoms with Gasteiger partial charge in [0.2, 0.25) is 10.0 Å². The van der Waals surface area contributed by atoms with Crippen molar-refractivity contribution in [3.8, 4) is 0 Å². The fourth-order valence-electron chi connectivity index (χ4n) is 3.74. The fourth-order valence-corrected chi connectivity index (χ4v) is 5.75. The number of aryl methyl sites for hydroxylation is 1. The maximum Gasteiger partial charge on any atom is 0.502 e. The van der Waals surface area contributed by atoms with Gasteiger partial charge >= 0.3 is 19.0 Å². The molecule has 35 heavy (non-hydrogen) atoms. The number of hydrogen-bond acceptors (Lipinski definition) is 6. The summed E-state index contributed by atoms with van der Waals surface area (Å²) in [5, 5.41) is 0.425. The van der Waals surface area contributed by atoms with Gasteiger partial charge < -0.3 is 9.39 Å². The van der Waals surface area contributed by atoms with Gasteiger partial charge in [-0.2, -0.15) is 4.22 Å². The second-order valence-corrected chi connectivity index (χ2v) is 10.7. The number of carbonyl (C=O) groups excluding carboxylic acids is 2. The maximum absolute atomic E-state index is 13.8. The normalized spacial score (nSPS) is 17.2. The molecule has 0 saturated carbocycles. The SMILES string of the molecule is Cc1ccc(S(=O)(=O)N2B(c3ccc(Cl)c(Cl)c3)OC(=O)[C@@H]2[C@H](C)OC(=O)c2ccccc2)cc1. The highest BCUT2D eigenvalue weighted by atomic mass is 35.5. The van der Waals surface area contributed by atoms with Gasteiger partial charge in [-0.3, -0.25) is 4.79 Å². The zero-order chi connectivity index (χ0) is 25.3.